The van der Waals surface area contributed by atoms with Crippen LogP contribution in [0, 0.1) is 0 Å². The highest BCUT2D eigenvalue weighted by Crippen LogP contribution is 2.31. The molecule has 0 radical (unpaired) electrons. The Balaban J connectivity index is 2.11. The van der Waals surface area contributed by atoms with Crippen LogP contribution in [-0.4, -0.2) is 57.6 Å². The SMILES string of the molecule is CCCCCCCCCCS[C@H]1O[C@H](CO)[C@@H](O)[C@H](O)[C@H]1F. The molecule has 1 saturated heterocycles. The van der Waals surface area contributed by atoms with Crippen LogP contribution >= 0.6 is 11.8 Å². The first-order valence-corrected chi connectivity index (χ1v) is 9.54. The second-order valence-corrected chi connectivity index (χ2v) is 7.20. The van der Waals surface area contributed by atoms with Crippen molar-refractivity contribution in [3.05, 3.63) is 0 Å². The number of halogens is 1. The van der Waals surface area contributed by atoms with Gasteiger partial charge in [-0.15, -0.1) is 11.8 Å². The van der Waals surface area contributed by atoms with Gasteiger partial charge in [0.25, 0.3) is 0 Å². The zero-order valence-electron chi connectivity index (χ0n) is 13.5. The minimum Gasteiger partial charge on any atom is -0.394 e. The molecule has 6 heteroatoms. The minimum atomic E-state index is -1.61. The maximum absolute atomic E-state index is 13.9. The Morgan fingerprint density at radius 2 is 1.55 bits per heavy atom. The minimum absolute atomic E-state index is 0.417. The third-order valence-electron chi connectivity index (χ3n) is 4.09. The van der Waals surface area contributed by atoms with Crippen LogP contribution in [0.25, 0.3) is 0 Å². The summed E-state index contributed by atoms with van der Waals surface area (Å²) in [6.45, 7) is 1.79. The van der Waals surface area contributed by atoms with Gasteiger partial charge in [-0.25, -0.2) is 4.39 Å². The molecule has 0 aromatic heterocycles. The highest BCUT2D eigenvalue weighted by molar-refractivity contribution is 7.99. The van der Waals surface area contributed by atoms with Crippen molar-refractivity contribution in [3.63, 3.8) is 0 Å². The fraction of sp³-hybridized carbons (Fsp3) is 1.00. The molecule has 0 saturated carbocycles. The molecule has 1 aliphatic rings. The highest BCUT2D eigenvalue weighted by Gasteiger charge is 2.44. The van der Waals surface area contributed by atoms with Gasteiger partial charge in [-0.05, 0) is 12.2 Å². The molecule has 1 heterocycles. The topological polar surface area (TPSA) is 69.9 Å². The van der Waals surface area contributed by atoms with E-state index in [0.717, 1.165) is 18.6 Å². The third kappa shape index (κ3) is 6.71. The molecule has 132 valence electrons. The number of aliphatic hydroxyl groups is 3. The summed E-state index contributed by atoms with van der Waals surface area (Å²) in [5.74, 6) is 0.765. The average molecular weight is 338 g/mol. The molecule has 5 atom stereocenters. The van der Waals surface area contributed by atoms with E-state index in [1.807, 2.05) is 0 Å². The number of aliphatic hydroxyl groups excluding tert-OH is 3. The Hall–Kier alpha value is 0.120. The first-order chi connectivity index (χ1) is 10.6. The Labute approximate surface area is 137 Å². The summed E-state index contributed by atoms with van der Waals surface area (Å²) in [6, 6.07) is 0. The lowest BCUT2D eigenvalue weighted by Crippen LogP contribution is -2.56. The van der Waals surface area contributed by atoms with E-state index < -0.39 is 36.5 Å². The molecule has 1 fully saturated rings. The Bertz CT molecular complexity index is 281. The van der Waals surface area contributed by atoms with Gasteiger partial charge >= 0.3 is 0 Å². The fourth-order valence-electron chi connectivity index (χ4n) is 2.61. The fourth-order valence-corrected chi connectivity index (χ4v) is 3.78. The largest absolute Gasteiger partial charge is 0.394 e. The maximum atomic E-state index is 13.9. The lowest BCUT2D eigenvalue weighted by molar-refractivity contribution is -0.188. The molecule has 0 spiro atoms. The van der Waals surface area contributed by atoms with Crippen LogP contribution in [0.1, 0.15) is 58.3 Å². The summed E-state index contributed by atoms with van der Waals surface area (Å²) in [7, 11) is 0. The van der Waals surface area contributed by atoms with Gasteiger partial charge in [0.2, 0.25) is 0 Å². The second-order valence-electron chi connectivity index (χ2n) is 6.00. The number of hydrogen-bond acceptors (Lipinski definition) is 5. The Morgan fingerprint density at radius 3 is 2.14 bits per heavy atom. The van der Waals surface area contributed by atoms with Gasteiger partial charge in [-0.1, -0.05) is 51.9 Å². The standard InChI is InChI=1S/C16H31FO4S/c1-2-3-4-5-6-7-8-9-10-22-16-13(17)15(20)14(19)12(11-18)21-16/h12-16,18-20H,2-11H2,1H3/t12-,13-,14-,15-,16-/m1/s1. The summed E-state index contributed by atoms with van der Waals surface area (Å²) in [4.78, 5) is 0. The average Bonchev–Trinajstić information content (AvgIpc) is 2.53. The van der Waals surface area contributed by atoms with Crippen molar-refractivity contribution < 1.29 is 24.4 Å². The molecule has 3 N–H and O–H groups in total. The number of thioether (sulfide) groups is 1. The third-order valence-corrected chi connectivity index (χ3v) is 5.31. The molecule has 0 amide bonds. The quantitative estimate of drug-likeness (QED) is 0.505. The number of alkyl halides is 1. The van der Waals surface area contributed by atoms with Crippen LogP contribution in [0.5, 0.6) is 0 Å². The normalized spacial score (nSPS) is 32.3. The molecule has 22 heavy (non-hydrogen) atoms. The number of ether oxygens (including phenoxy) is 1. The number of hydrogen-bond donors (Lipinski definition) is 3. The maximum Gasteiger partial charge on any atom is 0.164 e. The summed E-state index contributed by atoms with van der Waals surface area (Å²) < 4.78 is 19.2. The van der Waals surface area contributed by atoms with E-state index in [4.69, 9.17) is 9.84 Å². The van der Waals surface area contributed by atoms with E-state index in [9.17, 15) is 14.6 Å². The summed E-state index contributed by atoms with van der Waals surface area (Å²) >= 11 is 1.32. The molecule has 0 aromatic rings. The first kappa shape index (κ1) is 20.2. The van der Waals surface area contributed by atoms with Crippen LogP contribution < -0.4 is 0 Å². The van der Waals surface area contributed by atoms with E-state index in [1.165, 1.54) is 50.3 Å². The lowest BCUT2D eigenvalue weighted by atomic mass is 10.0. The van der Waals surface area contributed by atoms with Gasteiger partial charge in [-0.3, -0.25) is 0 Å². The van der Waals surface area contributed by atoms with Crippen molar-refractivity contribution in [2.24, 2.45) is 0 Å². The smallest absolute Gasteiger partial charge is 0.164 e. The van der Waals surface area contributed by atoms with Crippen LogP contribution in [0.2, 0.25) is 0 Å². The number of unbranched alkanes of at least 4 members (excludes halogenated alkanes) is 7. The molecule has 4 nitrogen and oxygen atoms in total. The van der Waals surface area contributed by atoms with Crippen molar-refractivity contribution in [1.82, 2.24) is 0 Å². The van der Waals surface area contributed by atoms with Crippen LogP contribution in [-0.2, 0) is 4.74 Å². The summed E-state index contributed by atoms with van der Waals surface area (Å²) in [5, 5.41) is 28.3. The van der Waals surface area contributed by atoms with E-state index in [1.54, 1.807) is 0 Å². The second kappa shape index (κ2) is 11.6. The monoisotopic (exact) mass is 338 g/mol. The van der Waals surface area contributed by atoms with Gasteiger partial charge in [0, 0.05) is 0 Å². The molecular weight excluding hydrogens is 307 g/mol. The molecule has 0 aromatic carbocycles. The molecular formula is C16H31FO4S. The number of rotatable bonds is 11. The Morgan fingerprint density at radius 1 is 0.955 bits per heavy atom. The highest BCUT2D eigenvalue weighted by atomic mass is 32.2. The van der Waals surface area contributed by atoms with Crippen molar-refractivity contribution in [2.75, 3.05) is 12.4 Å². The summed E-state index contributed by atoms with van der Waals surface area (Å²) in [5.41, 5.74) is -0.805. The van der Waals surface area contributed by atoms with Gasteiger partial charge in [0.05, 0.1) is 6.61 Å². The molecule has 0 bridgehead atoms. The first-order valence-electron chi connectivity index (χ1n) is 8.50. The van der Waals surface area contributed by atoms with Crippen LogP contribution in [0.3, 0.4) is 0 Å². The molecule has 1 rings (SSSR count). The predicted molar refractivity (Wildman–Crippen MR) is 87.7 cm³/mol. The van der Waals surface area contributed by atoms with Crippen molar-refractivity contribution >= 4 is 11.8 Å². The lowest BCUT2D eigenvalue weighted by Gasteiger charge is -2.38. The van der Waals surface area contributed by atoms with E-state index >= 15 is 0 Å². The van der Waals surface area contributed by atoms with Crippen LogP contribution in [0.15, 0.2) is 0 Å². The summed E-state index contributed by atoms with van der Waals surface area (Å²) in [6.07, 6.45) is 4.39. The molecule has 1 aliphatic heterocycles. The van der Waals surface area contributed by atoms with E-state index in [2.05, 4.69) is 6.92 Å². The molecule has 0 aliphatic carbocycles. The zero-order valence-corrected chi connectivity index (χ0v) is 14.3. The predicted octanol–water partition coefficient (Wildman–Crippen LogP) is 2.64. The van der Waals surface area contributed by atoms with Crippen LogP contribution in [0.4, 0.5) is 4.39 Å². The van der Waals surface area contributed by atoms with E-state index in [0.29, 0.717) is 0 Å². The van der Waals surface area contributed by atoms with Crippen molar-refractivity contribution in [2.45, 2.75) is 88.2 Å². The molecule has 0 unspecified atom stereocenters. The Kier molecular flexibility index (Phi) is 10.7. The van der Waals surface area contributed by atoms with Crippen molar-refractivity contribution in [1.29, 1.82) is 0 Å². The van der Waals surface area contributed by atoms with Gasteiger partial charge in [0.1, 0.15) is 23.7 Å². The van der Waals surface area contributed by atoms with Crippen molar-refractivity contribution in [3.8, 4) is 0 Å². The van der Waals surface area contributed by atoms with E-state index in [-0.39, 0.29) is 0 Å². The van der Waals surface area contributed by atoms with Gasteiger partial charge in [-0.2, -0.15) is 0 Å². The van der Waals surface area contributed by atoms with Gasteiger partial charge in [0.15, 0.2) is 6.17 Å². The zero-order chi connectivity index (χ0) is 16.4. The van der Waals surface area contributed by atoms with Gasteiger partial charge < -0.3 is 20.1 Å².